The Labute approximate surface area is 118 Å². The largest absolute Gasteiger partial charge is 0.360 e. The van der Waals surface area contributed by atoms with Crippen molar-refractivity contribution in [3.8, 4) is 0 Å². The molecule has 0 atom stereocenters. The van der Waals surface area contributed by atoms with Crippen molar-refractivity contribution in [1.82, 2.24) is 4.98 Å². The molecule has 5 heteroatoms. The van der Waals surface area contributed by atoms with Gasteiger partial charge in [-0.15, -0.1) is 0 Å². The van der Waals surface area contributed by atoms with Crippen LogP contribution in [0.15, 0.2) is 36.5 Å². The van der Waals surface area contributed by atoms with Gasteiger partial charge >= 0.3 is 0 Å². The number of ketones is 1. The van der Waals surface area contributed by atoms with Gasteiger partial charge in [0.2, 0.25) is 0 Å². The summed E-state index contributed by atoms with van der Waals surface area (Å²) in [6, 6.07) is 6.13. The van der Waals surface area contributed by atoms with E-state index in [1.54, 1.807) is 6.07 Å². The molecule has 0 unspecified atom stereocenters. The lowest BCUT2D eigenvalue weighted by Crippen LogP contribution is -2.06. The highest BCUT2D eigenvalue weighted by molar-refractivity contribution is 6.16. The van der Waals surface area contributed by atoms with Crippen LogP contribution in [0.2, 0.25) is 0 Å². The molecule has 0 fully saturated rings. The maximum atomic E-state index is 13.9. The molecule has 0 bridgehead atoms. The second-order valence-electron chi connectivity index (χ2n) is 4.78. The van der Waals surface area contributed by atoms with Crippen LogP contribution in [-0.2, 0) is 0 Å². The number of aryl methyl sites for hydroxylation is 1. The molecule has 3 aromatic rings. The Morgan fingerprint density at radius 3 is 2.52 bits per heavy atom. The number of halogens is 3. The van der Waals surface area contributed by atoms with E-state index in [0.717, 1.165) is 6.07 Å². The molecule has 0 aliphatic heterocycles. The Morgan fingerprint density at radius 1 is 1.00 bits per heavy atom. The number of benzene rings is 2. The van der Waals surface area contributed by atoms with Crippen molar-refractivity contribution in [2.75, 3.05) is 0 Å². The molecule has 2 nitrogen and oxygen atoms in total. The fraction of sp³-hybridized carbons (Fsp3) is 0.0625. The lowest BCUT2D eigenvalue weighted by molar-refractivity contribution is 0.103. The highest BCUT2D eigenvalue weighted by Gasteiger charge is 2.21. The third kappa shape index (κ3) is 2.11. The monoisotopic (exact) mass is 289 g/mol. The summed E-state index contributed by atoms with van der Waals surface area (Å²) in [4.78, 5) is 15.2. The molecule has 1 aromatic heterocycles. The summed E-state index contributed by atoms with van der Waals surface area (Å²) in [7, 11) is 0. The van der Waals surface area contributed by atoms with Crippen LogP contribution >= 0.6 is 0 Å². The van der Waals surface area contributed by atoms with E-state index >= 15 is 0 Å². The number of fused-ring (bicyclic) bond motifs is 1. The Morgan fingerprint density at radius 2 is 1.76 bits per heavy atom. The Bertz CT molecular complexity index is 867. The maximum absolute atomic E-state index is 13.9. The second kappa shape index (κ2) is 4.77. The van der Waals surface area contributed by atoms with Gasteiger partial charge in [-0.05, 0) is 30.7 Å². The first kappa shape index (κ1) is 13.4. The summed E-state index contributed by atoms with van der Waals surface area (Å²) in [5.41, 5.74) is 0.337. The normalized spacial score (nSPS) is 11.0. The summed E-state index contributed by atoms with van der Waals surface area (Å²) >= 11 is 0. The van der Waals surface area contributed by atoms with E-state index in [4.69, 9.17) is 0 Å². The average molecular weight is 289 g/mol. The van der Waals surface area contributed by atoms with Crippen molar-refractivity contribution >= 4 is 16.7 Å². The lowest BCUT2D eigenvalue weighted by atomic mass is 10.00. The van der Waals surface area contributed by atoms with Gasteiger partial charge in [0.25, 0.3) is 0 Å². The fourth-order valence-corrected chi connectivity index (χ4v) is 2.30. The van der Waals surface area contributed by atoms with Crippen LogP contribution < -0.4 is 0 Å². The molecule has 0 aliphatic carbocycles. The van der Waals surface area contributed by atoms with Crippen LogP contribution in [0.3, 0.4) is 0 Å². The highest BCUT2D eigenvalue weighted by atomic mass is 19.1. The highest BCUT2D eigenvalue weighted by Crippen LogP contribution is 2.25. The number of rotatable bonds is 2. The van der Waals surface area contributed by atoms with E-state index in [0.29, 0.717) is 11.6 Å². The van der Waals surface area contributed by atoms with Crippen LogP contribution in [0, 0.1) is 24.4 Å². The van der Waals surface area contributed by atoms with Crippen molar-refractivity contribution in [1.29, 1.82) is 0 Å². The molecule has 106 valence electrons. The number of hydrogen-bond donors (Lipinski definition) is 1. The van der Waals surface area contributed by atoms with Gasteiger partial charge in [-0.25, -0.2) is 13.2 Å². The topological polar surface area (TPSA) is 32.9 Å². The molecule has 0 radical (unpaired) electrons. The van der Waals surface area contributed by atoms with E-state index in [1.165, 1.54) is 25.3 Å². The molecule has 3 rings (SSSR count). The zero-order valence-corrected chi connectivity index (χ0v) is 11.0. The van der Waals surface area contributed by atoms with Crippen molar-refractivity contribution < 1.29 is 18.0 Å². The number of aromatic nitrogens is 1. The zero-order valence-electron chi connectivity index (χ0n) is 11.0. The van der Waals surface area contributed by atoms with Crippen LogP contribution in [0.1, 0.15) is 21.5 Å². The molecule has 21 heavy (non-hydrogen) atoms. The molecule has 2 aromatic carbocycles. The van der Waals surface area contributed by atoms with Crippen LogP contribution in [0.4, 0.5) is 13.2 Å². The molecule has 1 N–H and O–H groups in total. The first-order valence-corrected chi connectivity index (χ1v) is 6.25. The summed E-state index contributed by atoms with van der Waals surface area (Å²) < 4.78 is 40.9. The van der Waals surface area contributed by atoms with E-state index in [2.05, 4.69) is 4.98 Å². The minimum Gasteiger partial charge on any atom is -0.360 e. The van der Waals surface area contributed by atoms with Gasteiger partial charge in [0.15, 0.2) is 5.78 Å². The summed E-state index contributed by atoms with van der Waals surface area (Å²) in [5, 5.41) is 0.101. The maximum Gasteiger partial charge on any atom is 0.198 e. The van der Waals surface area contributed by atoms with Crippen molar-refractivity contribution in [2.24, 2.45) is 0 Å². The molecule has 0 saturated carbocycles. The zero-order chi connectivity index (χ0) is 15.1. The molecule has 1 heterocycles. The predicted octanol–water partition coefficient (Wildman–Crippen LogP) is 4.12. The van der Waals surface area contributed by atoms with Crippen molar-refractivity contribution in [2.45, 2.75) is 6.92 Å². The van der Waals surface area contributed by atoms with Crippen LogP contribution in [0.25, 0.3) is 10.9 Å². The van der Waals surface area contributed by atoms with Crippen molar-refractivity contribution in [3.05, 3.63) is 70.7 Å². The Kier molecular flexibility index (Phi) is 3.05. The quantitative estimate of drug-likeness (QED) is 0.707. The second-order valence-corrected chi connectivity index (χ2v) is 4.78. The Balaban J connectivity index is 2.20. The average Bonchev–Trinajstić information content (AvgIpc) is 2.87. The van der Waals surface area contributed by atoms with Gasteiger partial charge in [-0.2, -0.15) is 0 Å². The van der Waals surface area contributed by atoms with E-state index in [1.807, 2.05) is 0 Å². The predicted molar refractivity (Wildman–Crippen MR) is 72.8 cm³/mol. The van der Waals surface area contributed by atoms with Gasteiger partial charge in [-0.3, -0.25) is 4.79 Å². The molecule has 0 spiro atoms. The Hall–Kier alpha value is -2.56. The number of H-pyrrole nitrogens is 1. The minimum absolute atomic E-state index is 0.0213. The molecular formula is C16H10F3NO. The van der Waals surface area contributed by atoms with Gasteiger partial charge in [-0.1, -0.05) is 6.07 Å². The minimum atomic E-state index is -0.964. The van der Waals surface area contributed by atoms with Gasteiger partial charge in [0.1, 0.15) is 17.5 Å². The number of hydrogen-bond acceptors (Lipinski definition) is 1. The van der Waals surface area contributed by atoms with Crippen LogP contribution in [-0.4, -0.2) is 10.8 Å². The van der Waals surface area contributed by atoms with E-state index in [9.17, 15) is 18.0 Å². The first-order valence-electron chi connectivity index (χ1n) is 6.25. The molecular weight excluding hydrogens is 279 g/mol. The molecule has 0 aliphatic rings. The number of carbonyl (C=O) groups excluding carboxylic acids is 1. The van der Waals surface area contributed by atoms with Gasteiger partial charge < -0.3 is 4.98 Å². The third-order valence-corrected chi connectivity index (χ3v) is 3.39. The summed E-state index contributed by atoms with van der Waals surface area (Å²) in [6.07, 6.45) is 1.33. The molecule has 0 amide bonds. The van der Waals surface area contributed by atoms with Gasteiger partial charge in [0, 0.05) is 23.2 Å². The number of nitrogens with one attached hydrogen (secondary N) is 1. The SMILES string of the molecule is Cc1cc(C(=O)c2c[nH]c3cccc(F)c23)c(F)cc1F. The smallest absolute Gasteiger partial charge is 0.198 e. The lowest BCUT2D eigenvalue weighted by Gasteiger charge is -2.05. The number of carbonyl (C=O) groups is 1. The van der Waals surface area contributed by atoms with E-state index in [-0.39, 0.29) is 22.1 Å². The fourth-order valence-electron chi connectivity index (χ4n) is 2.30. The van der Waals surface area contributed by atoms with Crippen molar-refractivity contribution in [3.63, 3.8) is 0 Å². The third-order valence-electron chi connectivity index (χ3n) is 3.39. The number of aromatic amines is 1. The molecule has 0 saturated heterocycles. The first-order chi connectivity index (χ1) is 9.99. The summed E-state index contributed by atoms with van der Waals surface area (Å²) in [5.74, 6) is -2.95. The summed E-state index contributed by atoms with van der Waals surface area (Å²) in [6.45, 7) is 1.43. The van der Waals surface area contributed by atoms with Gasteiger partial charge in [0.05, 0.1) is 11.1 Å². The van der Waals surface area contributed by atoms with E-state index < -0.39 is 23.2 Å². The standard InChI is InChI=1S/C16H10F3NO/c1-8-5-9(13(19)6-12(8)18)16(21)10-7-20-14-4-2-3-11(17)15(10)14/h2-7,20H,1H3. The van der Waals surface area contributed by atoms with Crippen LogP contribution in [0.5, 0.6) is 0 Å².